The number of aromatic nitrogens is 2. The zero-order chi connectivity index (χ0) is 64.8. The Bertz CT molecular complexity index is 2960. The van der Waals surface area contributed by atoms with Crippen molar-refractivity contribution in [3.63, 3.8) is 0 Å². The number of nitrogens with one attached hydrogen (secondary N) is 5. The number of nitrogens with zero attached hydrogens (tertiary/aromatic N) is 4. The number of phosphoric acid groups is 3. The molecule has 7 amide bonds. The first-order chi connectivity index (χ1) is 40.8. The van der Waals surface area contributed by atoms with Gasteiger partial charge in [-0.15, -0.1) is 0 Å². The molecule has 10 atom stereocenters. The second kappa shape index (κ2) is 34.7. The molecule has 3 aliphatic heterocycles. The molecule has 1 aromatic heterocycles. The van der Waals surface area contributed by atoms with E-state index in [-0.39, 0.29) is 94.3 Å². The molecule has 41 heteroatoms. The smallest absolute Gasteiger partial charge is 0.481 e. The predicted molar refractivity (Wildman–Crippen MR) is 300 cm³/mol. The van der Waals surface area contributed by atoms with E-state index in [1.807, 2.05) is 12.2 Å². The number of unbranched alkanes of at least 4 members (excludes halogenated alkanes) is 1. The molecule has 4 rings (SSSR count). The Morgan fingerprint density at radius 1 is 0.793 bits per heavy atom. The van der Waals surface area contributed by atoms with E-state index in [0.29, 0.717) is 43.6 Å². The van der Waals surface area contributed by atoms with Gasteiger partial charge in [0.05, 0.1) is 37.7 Å². The van der Waals surface area contributed by atoms with Crippen LogP contribution in [-0.2, 0) is 79.5 Å². The number of anilines is 1. The van der Waals surface area contributed by atoms with E-state index in [9.17, 15) is 91.5 Å². The van der Waals surface area contributed by atoms with Gasteiger partial charge < -0.3 is 86.9 Å². The third-order valence-electron chi connectivity index (χ3n) is 12.9. The molecule has 36 nitrogen and oxygen atoms in total. The number of likely N-dealkylation sites (tertiary alicyclic amines) is 2. The Kier molecular flexibility index (Phi) is 29.2. The van der Waals surface area contributed by atoms with E-state index in [2.05, 4.69) is 51.2 Å². The summed E-state index contributed by atoms with van der Waals surface area (Å²) < 4.78 is 52.8. The molecule has 3 fully saturated rings. The number of aliphatic carboxylic acids is 3. The Morgan fingerprint density at radius 3 is 2.01 bits per heavy atom. The fraction of sp³-hybridized carbons (Fsp3) is 0.652. The number of carboxylic acid groups (broad SMARTS) is 3. The van der Waals surface area contributed by atoms with Crippen LogP contribution in [0.2, 0.25) is 0 Å². The molecule has 3 saturated heterocycles. The zero-order valence-corrected chi connectivity index (χ0v) is 50.8. The molecule has 0 aliphatic carbocycles. The molecule has 3 aliphatic rings. The van der Waals surface area contributed by atoms with Gasteiger partial charge in [-0.05, 0) is 51.4 Å². The van der Waals surface area contributed by atoms with Gasteiger partial charge in [0, 0.05) is 63.0 Å². The van der Waals surface area contributed by atoms with Crippen LogP contribution in [0.3, 0.4) is 0 Å². The van der Waals surface area contributed by atoms with Crippen LogP contribution in [0.4, 0.5) is 5.82 Å². The number of nitrogens with two attached hydrogens (primary N) is 1. The summed E-state index contributed by atoms with van der Waals surface area (Å²) in [4.78, 5) is 183. The van der Waals surface area contributed by atoms with Crippen molar-refractivity contribution >= 4 is 110 Å². The highest BCUT2D eigenvalue weighted by Crippen LogP contribution is 2.66. The molecule has 0 saturated carbocycles. The molecule has 486 valence electrons. The lowest BCUT2D eigenvalue weighted by Gasteiger charge is -2.31. The van der Waals surface area contributed by atoms with Crippen LogP contribution in [0, 0.1) is 11.8 Å². The maximum Gasteiger partial charge on any atom is 0.490 e. The third kappa shape index (κ3) is 25.2. The minimum absolute atomic E-state index is 0.00578. The van der Waals surface area contributed by atoms with Gasteiger partial charge >= 0.3 is 47.1 Å². The standard InChI is InChI=1S/C46H69N10O26P3S2/c1-2-8-34(58)48-15-4-3-10-27(44(68)55-18-7-12-31(55)43(67)51-28(21-38(61)62)41(65)52-29(45(69)70)22-39(63)64)50-42(66)30-11-6-17-54(30)36(60)14-20-87-86-19-13-35(59)49-16-5-9-26-24-56(46(71)53-40(26)47)37-23-32(57)33(80-37)25-79-84(75,76)82-85(77,78)81-83(72,73)74/h24,27-33,37,57H,2-4,6-8,10-23,25H2,1H3,(H,48,58)(H,49,59)(H,50,66)(H,51,67)(H,52,65)(H,61,62)(H,63,64)(H,69,70)(H,75,76)(H,77,78)(H2,47,53,71)(H2,72,73,74). The summed E-state index contributed by atoms with van der Waals surface area (Å²) in [7, 11) is -14.4. The van der Waals surface area contributed by atoms with Crippen LogP contribution < -0.4 is 38.0 Å². The number of carbonyl (C=O) groups is 10. The lowest BCUT2D eigenvalue weighted by molar-refractivity contribution is -0.148. The minimum atomic E-state index is -5.82. The molecule has 0 bridgehead atoms. The van der Waals surface area contributed by atoms with Crippen LogP contribution in [0.15, 0.2) is 11.0 Å². The van der Waals surface area contributed by atoms with E-state index in [1.54, 1.807) is 0 Å². The normalized spacial score (nSPS) is 20.7. The van der Waals surface area contributed by atoms with Gasteiger partial charge in [0.1, 0.15) is 48.4 Å². The fourth-order valence-electron chi connectivity index (χ4n) is 8.87. The van der Waals surface area contributed by atoms with Gasteiger partial charge in [0.2, 0.25) is 41.4 Å². The lowest BCUT2D eigenvalue weighted by Crippen LogP contribution is -2.58. The van der Waals surface area contributed by atoms with Crippen molar-refractivity contribution in [2.45, 2.75) is 145 Å². The van der Waals surface area contributed by atoms with Gasteiger partial charge in [-0.25, -0.2) is 23.3 Å². The SMILES string of the molecule is CCCC(=O)NCCCCC(NC(=O)C1CCCN1C(=O)CCSSCCC(=O)NCC#Cc1cn(C2CC(O)C(COP(=O)(O)OP(=O)(O)OP(=O)(O)O)O2)c(=O)nc1N)C(=O)N1CCCC1C(=O)NC(CC(=O)O)C(=O)NC(CC(=O)O)C(=O)O. The van der Waals surface area contributed by atoms with Crippen LogP contribution in [0.5, 0.6) is 0 Å². The van der Waals surface area contributed by atoms with Gasteiger partial charge in [-0.1, -0.05) is 40.4 Å². The molecule has 0 spiro atoms. The first kappa shape index (κ1) is 73.4. The van der Waals surface area contributed by atoms with Crippen molar-refractivity contribution in [2.75, 3.05) is 50.0 Å². The number of ether oxygens (including phenoxy) is 1. The van der Waals surface area contributed by atoms with Crippen molar-refractivity contribution in [2.24, 2.45) is 0 Å². The van der Waals surface area contributed by atoms with Gasteiger partial charge in [0.15, 0.2) is 0 Å². The highest BCUT2D eigenvalue weighted by atomic mass is 33.1. The number of aliphatic hydroxyl groups excluding tert-OH is 1. The van der Waals surface area contributed by atoms with E-state index in [4.69, 9.17) is 25.4 Å². The molecule has 10 unspecified atom stereocenters. The largest absolute Gasteiger partial charge is 0.490 e. The highest BCUT2D eigenvalue weighted by Gasteiger charge is 2.44. The maximum atomic E-state index is 14.3. The molecule has 0 radical (unpaired) electrons. The second-order valence-electron chi connectivity index (χ2n) is 19.5. The summed E-state index contributed by atoms with van der Waals surface area (Å²) in [5.41, 5.74) is 4.90. The second-order valence-corrected chi connectivity index (χ2v) is 26.6. The number of rotatable bonds is 35. The summed E-state index contributed by atoms with van der Waals surface area (Å²) in [6.45, 7) is 1.17. The van der Waals surface area contributed by atoms with Crippen molar-refractivity contribution in [1.82, 2.24) is 45.9 Å². The Morgan fingerprint density at radius 2 is 1.39 bits per heavy atom. The van der Waals surface area contributed by atoms with E-state index in [1.165, 1.54) is 31.4 Å². The van der Waals surface area contributed by atoms with Crippen LogP contribution >= 0.6 is 45.1 Å². The molecular weight excluding hydrogens is 1270 g/mol. The number of hydrogen-bond donors (Lipinski definition) is 14. The van der Waals surface area contributed by atoms with Gasteiger partial charge in [-0.2, -0.15) is 13.6 Å². The van der Waals surface area contributed by atoms with Crippen LogP contribution in [-0.4, -0.2) is 205 Å². The van der Waals surface area contributed by atoms with Crippen molar-refractivity contribution in [3.8, 4) is 11.8 Å². The first-order valence-corrected chi connectivity index (χ1v) is 33.8. The topological polar surface area (TPSA) is 548 Å². The molecule has 87 heavy (non-hydrogen) atoms. The molecule has 4 heterocycles. The molecule has 15 N–H and O–H groups in total. The Hall–Kier alpha value is -6.03. The number of carboxylic acids is 3. The Balaban J connectivity index is 1.27. The number of hydrogen-bond acceptors (Lipinski definition) is 23. The summed E-state index contributed by atoms with van der Waals surface area (Å²) in [6, 6.07) is -7.32. The van der Waals surface area contributed by atoms with E-state index < -0.39 is 145 Å². The average Bonchev–Trinajstić information content (AvgIpc) is 2.25. The summed E-state index contributed by atoms with van der Waals surface area (Å²) in [6.07, 6.45) is -2.72. The quantitative estimate of drug-likeness (QED) is 0.0151. The van der Waals surface area contributed by atoms with Crippen molar-refractivity contribution in [1.29, 1.82) is 0 Å². The Labute approximate surface area is 503 Å². The summed E-state index contributed by atoms with van der Waals surface area (Å²) >= 11 is 0. The molecule has 1 aromatic rings. The summed E-state index contributed by atoms with van der Waals surface area (Å²) in [5.74, 6) is -3.81. The third-order valence-corrected chi connectivity index (χ3v) is 19.1. The van der Waals surface area contributed by atoms with Crippen LogP contribution in [0.25, 0.3) is 0 Å². The van der Waals surface area contributed by atoms with E-state index >= 15 is 0 Å². The summed E-state index contributed by atoms with van der Waals surface area (Å²) in [5, 5.41) is 50.7. The van der Waals surface area contributed by atoms with Gasteiger partial charge in [-0.3, -0.25) is 52.2 Å². The van der Waals surface area contributed by atoms with Crippen molar-refractivity contribution in [3.05, 3.63) is 22.2 Å². The van der Waals surface area contributed by atoms with E-state index in [0.717, 1.165) is 10.8 Å². The monoisotopic (exact) mass is 1330 g/mol. The average molecular weight is 1340 g/mol. The number of amides is 7. The number of nitrogen functional groups attached to an aromatic ring is 1. The van der Waals surface area contributed by atoms with Crippen molar-refractivity contribution < 1.29 is 120 Å². The maximum absolute atomic E-state index is 14.3. The van der Waals surface area contributed by atoms with Crippen LogP contribution in [0.1, 0.15) is 109 Å². The fourth-order valence-corrected chi connectivity index (χ4v) is 13.9. The number of aliphatic hydroxyl groups is 1. The number of carbonyl (C=O) groups excluding carboxylic acids is 7. The highest BCUT2D eigenvalue weighted by molar-refractivity contribution is 8.76. The minimum Gasteiger partial charge on any atom is -0.481 e. The molecule has 0 aromatic carbocycles. The lowest BCUT2D eigenvalue weighted by atomic mass is 10.1. The number of phosphoric ester groups is 1. The first-order valence-electron chi connectivity index (χ1n) is 26.7. The van der Waals surface area contributed by atoms with Gasteiger partial charge in [0.25, 0.3) is 0 Å². The molecular formula is C46H69N10O26P3S2. The predicted octanol–water partition coefficient (Wildman–Crippen LogP) is -2.00. The zero-order valence-electron chi connectivity index (χ0n) is 46.5.